The summed E-state index contributed by atoms with van der Waals surface area (Å²) in [7, 11) is 0. The van der Waals surface area contributed by atoms with Crippen molar-refractivity contribution in [3.8, 4) is 0 Å². The van der Waals surface area contributed by atoms with Crippen molar-refractivity contribution in [1.82, 2.24) is 5.32 Å². The van der Waals surface area contributed by atoms with Gasteiger partial charge < -0.3 is 10.1 Å². The van der Waals surface area contributed by atoms with Crippen LogP contribution in [0.15, 0.2) is 34.5 Å². The zero-order valence-electron chi connectivity index (χ0n) is 9.67. The lowest BCUT2D eigenvalue weighted by Crippen LogP contribution is -2.24. The molecule has 4 heteroatoms. The van der Waals surface area contributed by atoms with Crippen molar-refractivity contribution in [3.63, 3.8) is 0 Å². The molecule has 0 spiro atoms. The van der Waals surface area contributed by atoms with Gasteiger partial charge in [-0.1, -0.05) is 22.9 Å². The van der Waals surface area contributed by atoms with Crippen molar-refractivity contribution in [1.29, 1.82) is 0 Å². The van der Waals surface area contributed by atoms with Gasteiger partial charge in [-0.15, -0.1) is 0 Å². The highest BCUT2D eigenvalue weighted by Gasteiger charge is 2.22. The van der Waals surface area contributed by atoms with Gasteiger partial charge in [0.2, 0.25) is 0 Å². The normalized spacial score (nSPS) is 16.5. The predicted molar refractivity (Wildman–Crippen MR) is 81.9 cm³/mol. The number of halogens is 2. The minimum Gasteiger partial charge on any atom is -0.496 e. The van der Waals surface area contributed by atoms with Crippen molar-refractivity contribution < 1.29 is 4.74 Å². The minimum atomic E-state index is 0.173. The highest BCUT2D eigenvalue weighted by atomic mass is 127. The summed E-state index contributed by atoms with van der Waals surface area (Å²) in [5.41, 5.74) is 1.27. The van der Waals surface area contributed by atoms with Crippen molar-refractivity contribution in [3.05, 3.63) is 43.6 Å². The Morgan fingerprint density at radius 2 is 2.35 bits per heavy atom. The molecule has 0 aromatic heterocycles. The van der Waals surface area contributed by atoms with E-state index in [2.05, 4.69) is 75.0 Å². The topological polar surface area (TPSA) is 21.3 Å². The van der Waals surface area contributed by atoms with Crippen molar-refractivity contribution in [2.24, 2.45) is 0 Å². The third-order valence-electron chi connectivity index (χ3n) is 2.69. The standard InChI is InChI=1S/C13H15BrINO/c1-2-16-13(12-4-3-7-17-12)10-8-9(14)5-6-11(10)15/h4-6,8,13,16H,2-3,7H2,1H3. The fourth-order valence-electron chi connectivity index (χ4n) is 1.94. The van der Waals surface area contributed by atoms with E-state index in [0.29, 0.717) is 0 Å². The molecule has 0 fully saturated rings. The van der Waals surface area contributed by atoms with Crippen LogP contribution >= 0.6 is 38.5 Å². The average Bonchev–Trinajstić information content (AvgIpc) is 2.83. The SMILES string of the molecule is CCNC(C1=CCCO1)c1cc(Br)ccc1I. The van der Waals surface area contributed by atoms with Crippen molar-refractivity contribution in [2.45, 2.75) is 19.4 Å². The second kappa shape index (κ2) is 6.20. The number of benzene rings is 1. The molecule has 0 radical (unpaired) electrons. The molecule has 0 bridgehead atoms. The first-order valence-corrected chi connectivity index (χ1v) is 7.60. The van der Waals surface area contributed by atoms with Crippen LogP contribution in [0.25, 0.3) is 0 Å². The van der Waals surface area contributed by atoms with Crippen LogP contribution in [0, 0.1) is 3.57 Å². The third kappa shape index (κ3) is 3.23. The highest BCUT2D eigenvalue weighted by Crippen LogP contribution is 2.31. The van der Waals surface area contributed by atoms with Crippen LogP contribution in [0.5, 0.6) is 0 Å². The fourth-order valence-corrected chi connectivity index (χ4v) is 2.97. The number of hydrogen-bond donors (Lipinski definition) is 1. The van der Waals surface area contributed by atoms with Crippen molar-refractivity contribution >= 4 is 38.5 Å². The maximum Gasteiger partial charge on any atom is 0.114 e. The largest absolute Gasteiger partial charge is 0.496 e. The van der Waals surface area contributed by atoms with E-state index in [1.165, 1.54) is 9.13 Å². The second-order valence-corrected chi connectivity index (χ2v) is 5.98. The van der Waals surface area contributed by atoms with Crippen LogP contribution in [0.1, 0.15) is 24.9 Å². The lowest BCUT2D eigenvalue weighted by molar-refractivity contribution is 0.216. The molecule has 1 heterocycles. The fraction of sp³-hybridized carbons (Fsp3) is 0.385. The van der Waals surface area contributed by atoms with E-state index in [1.54, 1.807) is 0 Å². The molecule has 0 aliphatic carbocycles. The van der Waals surface area contributed by atoms with Crippen LogP contribution in [-0.2, 0) is 4.74 Å². The molecule has 1 unspecified atom stereocenters. The van der Waals surface area contributed by atoms with Gasteiger partial charge >= 0.3 is 0 Å². The van der Waals surface area contributed by atoms with Gasteiger partial charge in [0.1, 0.15) is 5.76 Å². The smallest absolute Gasteiger partial charge is 0.114 e. The zero-order chi connectivity index (χ0) is 12.3. The van der Waals surface area contributed by atoms with Gasteiger partial charge in [0.15, 0.2) is 0 Å². The summed E-state index contributed by atoms with van der Waals surface area (Å²) in [5.74, 6) is 1.06. The Hall–Kier alpha value is -0.0700. The molecular formula is C13H15BrINO. The van der Waals surface area contributed by atoms with Crippen LogP contribution in [0.2, 0.25) is 0 Å². The molecule has 92 valence electrons. The second-order valence-electron chi connectivity index (χ2n) is 3.90. The highest BCUT2D eigenvalue weighted by molar-refractivity contribution is 14.1. The van der Waals surface area contributed by atoms with Gasteiger partial charge in [-0.05, 0) is 59.0 Å². The first kappa shape index (κ1) is 13.4. The molecule has 1 N–H and O–H groups in total. The Morgan fingerprint density at radius 1 is 1.53 bits per heavy atom. The molecule has 2 rings (SSSR count). The quantitative estimate of drug-likeness (QED) is 0.761. The third-order valence-corrected chi connectivity index (χ3v) is 4.17. The Kier molecular flexibility index (Phi) is 4.87. The van der Waals surface area contributed by atoms with Crippen molar-refractivity contribution in [2.75, 3.05) is 13.2 Å². The number of hydrogen-bond acceptors (Lipinski definition) is 2. The molecule has 1 aliphatic heterocycles. The van der Waals surface area contributed by atoms with Gasteiger partial charge in [-0.3, -0.25) is 0 Å². The number of rotatable bonds is 4. The predicted octanol–water partition coefficient (Wildman–Crippen LogP) is 4.01. The van der Waals surface area contributed by atoms with Crippen LogP contribution < -0.4 is 5.32 Å². The Balaban J connectivity index is 2.34. The number of nitrogens with one attached hydrogen (secondary N) is 1. The summed E-state index contributed by atoms with van der Waals surface area (Å²) < 4.78 is 8.06. The average molecular weight is 408 g/mol. The molecule has 0 amide bonds. The summed E-state index contributed by atoms with van der Waals surface area (Å²) in [6.07, 6.45) is 3.20. The number of likely N-dealkylation sites (N-methyl/N-ethyl adjacent to an activating group) is 1. The van der Waals surface area contributed by atoms with Gasteiger partial charge in [-0.2, -0.15) is 0 Å². The molecule has 0 saturated heterocycles. The molecule has 1 aliphatic rings. The lowest BCUT2D eigenvalue weighted by Gasteiger charge is -2.21. The summed E-state index contributed by atoms with van der Waals surface area (Å²) >= 11 is 5.91. The molecule has 1 aromatic rings. The van der Waals surface area contributed by atoms with Crippen LogP contribution in [-0.4, -0.2) is 13.2 Å². The van der Waals surface area contributed by atoms with Gasteiger partial charge in [0.25, 0.3) is 0 Å². The summed E-state index contributed by atoms with van der Waals surface area (Å²) in [4.78, 5) is 0. The van der Waals surface area contributed by atoms with E-state index in [4.69, 9.17) is 4.74 Å². The van der Waals surface area contributed by atoms with Crippen LogP contribution in [0.3, 0.4) is 0 Å². The minimum absolute atomic E-state index is 0.173. The van der Waals surface area contributed by atoms with Gasteiger partial charge in [0, 0.05) is 14.5 Å². The molecule has 0 saturated carbocycles. The molecule has 2 nitrogen and oxygen atoms in total. The van der Waals surface area contributed by atoms with E-state index in [1.807, 2.05) is 0 Å². The number of ether oxygens (including phenoxy) is 1. The zero-order valence-corrected chi connectivity index (χ0v) is 13.4. The van der Waals surface area contributed by atoms with E-state index in [9.17, 15) is 0 Å². The first-order chi connectivity index (χ1) is 8.22. The monoisotopic (exact) mass is 407 g/mol. The molecule has 1 atom stereocenters. The maximum atomic E-state index is 5.70. The Morgan fingerprint density at radius 3 is 3.00 bits per heavy atom. The van der Waals surface area contributed by atoms with Crippen LogP contribution in [0.4, 0.5) is 0 Å². The molecule has 17 heavy (non-hydrogen) atoms. The Labute approximate surface area is 124 Å². The molecular weight excluding hydrogens is 393 g/mol. The first-order valence-electron chi connectivity index (χ1n) is 5.73. The summed E-state index contributed by atoms with van der Waals surface area (Å²) in [6, 6.07) is 6.53. The van der Waals surface area contributed by atoms with E-state index in [-0.39, 0.29) is 6.04 Å². The lowest BCUT2D eigenvalue weighted by atomic mass is 10.0. The van der Waals surface area contributed by atoms with E-state index < -0.39 is 0 Å². The summed E-state index contributed by atoms with van der Waals surface area (Å²) in [5, 5.41) is 3.49. The summed E-state index contributed by atoms with van der Waals surface area (Å²) in [6.45, 7) is 3.85. The van der Waals surface area contributed by atoms with Gasteiger partial charge in [-0.25, -0.2) is 0 Å². The maximum absolute atomic E-state index is 5.70. The molecule has 1 aromatic carbocycles. The van der Waals surface area contributed by atoms with E-state index >= 15 is 0 Å². The Bertz CT molecular complexity index is 433. The van der Waals surface area contributed by atoms with Gasteiger partial charge in [0.05, 0.1) is 12.6 Å². The van der Waals surface area contributed by atoms with E-state index in [0.717, 1.165) is 29.8 Å².